The van der Waals surface area contributed by atoms with Crippen LogP contribution < -0.4 is 5.73 Å². The van der Waals surface area contributed by atoms with Gasteiger partial charge in [0, 0.05) is 21.6 Å². The Morgan fingerprint density at radius 1 is 1.41 bits per heavy atom. The molecule has 0 aliphatic heterocycles. The molecule has 1 aromatic carbocycles. The maximum Gasteiger partial charge on any atom is 0.258 e. The highest BCUT2D eigenvalue weighted by Gasteiger charge is 2.38. The van der Waals surface area contributed by atoms with Crippen molar-refractivity contribution in [1.82, 2.24) is 10.1 Å². The molecule has 0 amide bonds. The summed E-state index contributed by atoms with van der Waals surface area (Å²) in [6.07, 6.45) is 1.15. The van der Waals surface area contributed by atoms with Gasteiger partial charge in [-0.15, -0.1) is 0 Å². The van der Waals surface area contributed by atoms with Crippen LogP contribution in [0, 0.1) is 5.92 Å². The van der Waals surface area contributed by atoms with Crippen LogP contribution in [0.3, 0.4) is 0 Å². The van der Waals surface area contributed by atoms with Crippen molar-refractivity contribution in [2.75, 3.05) is 5.73 Å². The van der Waals surface area contributed by atoms with E-state index in [0.29, 0.717) is 23.4 Å². The first kappa shape index (κ1) is 10.8. The van der Waals surface area contributed by atoms with Crippen LogP contribution in [-0.2, 0) is 0 Å². The Hall–Kier alpha value is -1.36. The lowest BCUT2D eigenvalue weighted by Crippen LogP contribution is -1.87. The minimum Gasteiger partial charge on any atom is -0.399 e. The van der Waals surface area contributed by atoms with Crippen LogP contribution >= 0.6 is 15.9 Å². The predicted molar refractivity (Wildman–Crippen MR) is 68.4 cm³/mol. The lowest BCUT2D eigenvalue weighted by atomic mass is 10.2. The van der Waals surface area contributed by atoms with Crippen LogP contribution in [0.4, 0.5) is 5.69 Å². The van der Waals surface area contributed by atoms with Crippen molar-refractivity contribution in [1.29, 1.82) is 0 Å². The Labute approximate surface area is 107 Å². The topological polar surface area (TPSA) is 64.9 Å². The molecule has 2 unspecified atom stereocenters. The van der Waals surface area contributed by atoms with Crippen LogP contribution in [0.25, 0.3) is 11.5 Å². The Kier molecular flexibility index (Phi) is 2.43. The van der Waals surface area contributed by atoms with Crippen molar-refractivity contribution in [3.63, 3.8) is 0 Å². The average molecular weight is 294 g/mol. The Morgan fingerprint density at radius 3 is 2.82 bits per heavy atom. The van der Waals surface area contributed by atoms with Gasteiger partial charge in [0.05, 0.1) is 0 Å². The molecule has 1 aromatic heterocycles. The molecule has 0 saturated heterocycles. The third kappa shape index (κ3) is 2.07. The largest absolute Gasteiger partial charge is 0.399 e. The first-order valence-electron chi connectivity index (χ1n) is 5.53. The average Bonchev–Trinajstić information content (AvgIpc) is 2.80. The molecule has 1 fully saturated rings. The zero-order valence-corrected chi connectivity index (χ0v) is 10.9. The normalized spacial score (nSPS) is 22.7. The summed E-state index contributed by atoms with van der Waals surface area (Å²) >= 11 is 3.40. The number of rotatable bonds is 2. The Balaban J connectivity index is 1.95. The smallest absolute Gasteiger partial charge is 0.258 e. The van der Waals surface area contributed by atoms with Crippen LogP contribution in [0.15, 0.2) is 27.2 Å². The molecule has 1 heterocycles. The Bertz CT molecular complexity index is 546. The number of nitrogens with zero attached hydrogens (tertiary/aromatic N) is 2. The number of anilines is 1. The summed E-state index contributed by atoms with van der Waals surface area (Å²) in [5.41, 5.74) is 7.30. The minimum absolute atomic E-state index is 0.469. The molecule has 88 valence electrons. The van der Waals surface area contributed by atoms with Crippen LogP contribution in [-0.4, -0.2) is 10.1 Å². The number of hydrogen-bond donors (Lipinski definition) is 1. The van der Waals surface area contributed by atoms with E-state index in [9.17, 15) is 0 Å². The lowest BCUT2D eigenvalue weighted by molar-refractivity contribution is 0.422. The van der Waals surface area contributed by atoms with Gasteiger partial charge in [0.1, 0.15) is 0 Å². The highest BCUT2D eigenvalue weighted by atomic mass is 79.9. The first-order chi connectivity index (χ1) is 8.13. The van der Waals surface area contributed by atoms with Crippen molar-refractivity contribution in [3.8, 4) is 11.5 Å². The highest BCUT2D eigenvalue weighted by molar-refractivity contribution is 9.10. The molecule has 3 rings (SSSR count). The summed E-state index contributed by atoms with van der Waals surface area (Å²) in [5, 5.41) is 4.02. The standard InChI is InChI=1S/C12H12BrN3O/c1-6-2-10(6)11-15-12(17-16-11)7-3-8(13)5-9(14)4-7/h3-6,10H,2,14H2,1H3. The van der Waals surface area contributed by atoms with Crippen molar-refractivity contribution < 1.29 is 4.52 Å². The van der Waals surface area contributed by atoms with Crippen molar-refractivity contribution in [2.24, 2.45) is 5.92 Å². The summed E-state index contributed by atoms with van der Waals surface area (Å²) in [7, 11) is 0. The third-order valence-corrected chi connectivity index (χ3v) is 3.51. The quantitative estimate of drug-likeness (QED) is 0.864. The molecule has 1 aliphatic rings. The number of benzene rings is 1. The van der Waals surface area contributed by atoms with E-state index in [0.717, 1.165) is 22.3 Å². The minimum atomic E-state index is 0.469. The van der Waals surface area contributed by atoms with Crippen LogP contribution in [0.5, 0.6) is 0 Å². The molecule has 2 atom stereocenters. The molecule has 2 N–H and O–H groups in total. The summed E-state index contributed by atoms with van der Waals surface area (Å²) in [6.45, 7) is 2.19. The fourth-order valence-corrected chi connectivity index (χ4v) is 2.43. The van der Waals surface area contributed by atoms with Gasteiger partial charge < -0.3 is 10.3 Å². The number of nitrogen functional groups attached to an aromatic ring is 1. The van der Waals surface area contributed by atoms with Gasteiger partial charge in [-0.1, -0.05) is 28.0 Å². The van der Waals surface area contributed by atoms with Crippen LogP contribution in [0.2, 0.25) is 0 Å². The fourth-order valence-electron chi connectivity index (χ4n) is 1.92. The Morgan fingerprint density at radius 2 is 2.18 bits per heavy atom. The van der Waals surface area contributed by atoms with Crippen molar-refractivity contribution in [3.05, 3.63) is 28.5 Å². The second kappa shape index (κ2) is 3.84. The van der Waals surface area contributed by atoms with E-state index in [1.54, 1.807) is 0 Å². The molecule has 1 saturated carbocycles. The number of nitrogens with two attached hydrogens (primary N) is 1. The van der Waals surface area contributed by atoms with Crippen molar-refractivity contribution in [2.45, 2.75) is 19.3 Å². The molecule has 1 aliphatic carbocycles. The molecular formula is C12H12BrN3O. The molecule has 5 heteroatoms. The predicted octanol–water partition coefficient (Wildman–Crippen LogP) is 3.20. The molecular weight excluding hydrogens is 282 g/mol. The van der Waals surface area contributed by atoms with Gasteiger partial charge in [-0.25, -0.2) is 0 Å². The van der Waals surface area contributed by atoms with Gasteiger partial charge in [-0.2, -0.15) is 4.98 Å². The van der Waals surface area contributed by atoms with E-state index >= 15 is 0 Å². The van der Waals surface area contributed by atoms with Crippen LogP contribution in [0.1, 0.15) is 25.1 Å². The van der Waals surface area contributed by atoms with Gasteiger partial charge in [-0.05, 0) is 30.5 Å². The summed E-state index contributed by atoms with van der Waals surface area (Å²) in [4.78, 5) is 4.42. The molecule has 2 aromatic rings. The zero-order chi connectivity index (χ0) is 12.0. The first-order valence-corrected chi connectivity index (χ1v) is 6.33. The second-order valence-electron chi connectivity index (χ2n) is 4.55. The van der Waals surface area contributed by atoms with E-state index < -0.39 is 0 Å². The number of halogens is 1. The van der Waals surface area contributed by atoms with E-state index in [-0.39, 0.29) is 0 Å². The second-order valence-corrected chi connectivity index (χ2v) is 5.47. The fraction of sp³-hybridized carbons (Fsp3) is 0.333. The molecule has 0 bridgehead atoms. The summed E-state index contributed by atoms with van der Waals surface area (Å²) in [5.74, 6) is 2.49. The van der Waals surface area contributed by atoms with E-state index in [2.05, 4.69) is 33.0 Å². The highest BCUT2D eigenvalue weighted by Crippen LogP contribution is 2.45. The SMILES string of the molecule is CC1CC1c1noc(-c2cc(N)cc(Br)c2)n1. The van der Waals surface area contributed by atoms with Gasteiger partial charge in [0.2, 0.25) is 0 Å². The van der Waals surface area contributed by atoms with Gasteiger partial charge >= 0.3 is 0 Å². The molecule has 0 spiro atoms. The van der Waals surface area contributed by atoms with E-state index in [1.165, 1.54) is 0 Å². The monoisotopic (exact) mass is 293 g/mol. The van der Waals surface area contributed by atoms with Crippen molar-refractivity contribution >= 4 is 21.6 Å². The van der Waals surface area contributed by atoms with E-state index in [1.807, 2.05) is 18.2 Å². The molecule has 17 heavy (non-hydrogen) atoms. The number of aromatic nitrogens is 2. The maximum absolute atomic E-state index is 5.78. The van der Waals surface area contributed by atoms with Gasteiger partial charge in [0.25, 0.3) is 5.89 Å². The molecule has 0 radical (unpaired) electrons. The molecule has 4 nitrogen and oxygen atoms in total. The zero-order valence-electron chi connectivity index (χ0n) is 9.35. The maximum atomic E-state index is 5.78. The lowest BCUT2D eigenvalue weighted by Gasteiger charge is -1.98. The number of hydrogen-bond acceptors (Lipinski definition) is 4. The summed E-state index contributed by atoms with van der Waals surface area (Å²) < 4.78 is 6.18. The van der Waals surface area contributed by atoms with E-state index in [4.69, 9.17) is 10.3 Å². The third-order valence-electron chi connectivity index (χ3n) is 3.05. The summed E-state index contributed by atoms with van der Waals surface area (Å²) in [6, 6.07) is 5.59. The van der Waals surface area contributed by atoms with Gasteiger partial charge in [-0.3, -0.25) is 0 Å². The van der Waals surface area contributed by atoms with Gasteiger partial charge in [0.15, 0.2) is 5.82 Å².